The maximum atomic E-state index is 12.0. The molecule has 2 aromatic rings. The summed E-state index contributed by atoms with van der Waals surface area (Å²) >= 11 is 0. The van der Waals surface area contributed by atoms with E-state index in [0.717, 1.165) is 12.1 Å². The molecule has 3 nitrogen and oxygen atoms in total. The molecule has 1 unspecified atom stereocenters. The smallest absolute Gasteiger partial charge is 0.282 e. The van der Waals surface area contributed by atoms with Gasteiger partial charge in [0.05, 0.1) is 6.54 Å². The Labute approximate surface area is 125 Å². The van der Waals surface area contributed by atoms with Gasteiger partial charge in [-0.1, -0.05) is 66.7 Å². The zero-order valence-electron chi connectivity index (χ0n) is 12.2. The summed E-state index contributed by atoms with van der Waals surface area (Å²) in [4.78, 5) is 12.0. The number of amides is 1. The lowest BCUT2D eigenvalue weighted by atomic mass is 10.1. The van der Waals surface area contributed by atoms with E-state index in [0.29, 0.717) is 0 Å². The maximum absolute atomic E-state index is 12.0. The molecule has 0 radical (unpaired) electrons. The van der Waals surface area contributed by atoms with Crippen LogP contribution in [0.25, 0.3) is 6.08 Å². The van der Waals surface area contributed by atoms with E-state index in [1.165, 1.54) is 5.56 Å². The molecule has 1 amide bonds. The van der Waals surface area contributed by atoms with Crippen LogP contribution >= 0.6 is 0 Å². The fraction of sp³-hybridized carbons (Fsp3) is 0.167. The summed E-state index contributed by atoms with van der Waals surface area (Å²) in [5.74, 6) is 0.0225. The van der Waals surface area contributed by atoms with Gasteiger partial charge in [0, 0.05) is 12.6 Å². The van der Waals surface area contributed by atoms with Gasteiger partial charge in [-0.25, -0.2) is 0 Å². The maximum Gasteiger partial charge on any atom is 0.282 e. The van der Waals surface area contributed by atoms with E-state index in [-0.39, 0.29) is 11.9 Å². The van der Waals surface area contributed by atoms with Crippen molar-refractivity contribution in [1.82, 2.24) is 5.32 Å². The third-order valence-electron chi connectivity index (χ3n) is 3.31. The molecular weight excluding hydrogens is 260 g/mol. The number of benzene rings is 2. The predicted molar refractivity (Wildman–Crippen MR) is 85.5 cm³/mol. The molecule has 0 spiro atoms. The van der Waals surface area contributed by atoms with Gasteiger partial charge < -0.3 is 10.6 Å². The summed E-state index contributed by atoms with van der Waals surface area (Å²) in [5, 5.41) is 4.76. The van der Waals surface area contributed by atoms with Crippen LogP contribution in [0.5, 0.6) is 0 Å². The first kappa shape index (κ1) is 15.0. The predicted octanol–water partition coefficient (Wildman–Crippen LogP) is 1.75. The first-order chi connectivity index (χ1) is 10.3. The second-order valence-corrected chi connectivity index (χ2v) is 4.79. The highest BCUT2D eigenvalue weighted by Gasteiger charge is 2.21. The van der Waals surface area contributed by atoms with Crippen molar-refractivity contribution in [3.63, 3.8) is 0 Å². The Morgan fingerprint density at radius 2 is 1.71 bits per heavy atom. The summed E-state index contributed by atoms with van der Waals surface area (Å²) in [6.45, 7) is 0.752. The molecule has 3 heteroatoms. The second kappa shape index (κ2) is 8.02. The average Bonchev–Trinajstić information content (AvgIpc) is 2.56. The lowest BCUT2D eigenvalue weighted by Crippen LogP contribution is -2.87. The van der Waals surface area contributed by atoms with Gasteiger partial charge in [0.15, 0.2) is 6.04 Å². The van der Waals surface area contributed by atoms with Crippen molar-refractivity contribution in [2.75, 3.05) is 13.6 Å². The standard InChI is InChI=1S/C18H20N2O/c1-19-18(21)17(16-12-6-3-7-13-16)20-14-8-11-15-9-4-2-5-10-15/h2-13,17,20H,14H2,1H3,(H,19,21)/p+1/b11-8+. The topological polar surface area (TPSA) is 45.7 Å². The molecule has 0 aliphatic heterocycles. The molecule has 2 aromatic carbocycles. The van der Waals surface area contributed by atoms with Gasteiger partial charge in [-0.05, 0) is 11.6 Å². The fourth-order valence-corrected chi connectivity index (χ4v) is 2.19. The van der Waals surface area contributed by atoms with Crippen LogP contribution in [0, 0.1) is 0 Å². The molecule has 21 heavy (non-hydrogen) atoms. The Bertz CT molecular complexity index is 579. The van der Waals surface area contributed by atoms with E-state index in [4.69, 9.17) is 0 Å². The number of quaternary nitrogens is 1. The molecule has 3 N–H and O–H groups in total. The van der Waals surface area contributed by atoms with Crippen molar-refractivity contribution in [1.29, 1.82) is 0 Å². The van der Waals surface area contributed by atoms with Crippen LogP contribution < -0.4 is 10.6 Å². The summed E-state index contributed by atoms with van der Waals surface area (Å²) < 4.78 is 0. The Morgan fingerprint density at radius 3 is 2.33 bits per heavy atom. The number of hydrogen-bond acceptors (Lipinski definition) is 1. The van der Waals surface area contributed by atoms with Crippen LogP contribution in [0.3, 0.4) is 0 Å². The zero-order chi connectivity index (χ0) is 14.9. The molecule has 0 aliphatic rings. The van der Waals surface area contributed by atoms with Gasteiger partial charge >= 0.3 is 0 Å². The fourth-order valence-electron chi connectivity index (χ4n) is 2.19. The molecular formula is C18H21N2O+. The minimum absolute atomic E-state index is 0.0225. The van der Waals surface area contributed by atoms with Crippen LogP contribution in [-0.2, 0) is 4.79 Å². The van der Waals surface area contributed by atoms with Crippen molar-refractivity contribution >= 4 is 12.0 Å². The van der Waals surface area contributed by atoms with Gasteiger partial charge in [0.2, 0.25) is 0 Å². The normalized spacial score (nSPS) is 12.2. The van der Waals surface area contributed by atoms with E-state index < -0.39 is 0 Å². The van der Waals surface area contributed by atoms with Crippen molar-refractivity contribution in [3.8, 4) is 0 Å². The zero-order valence-corrected chi connectivity index (χ0v) is 12.2. The number of nitrogens with one attached hydrogen (secondary N) is 1. The van der Waals surface area contributed by atoms with E-state index in [2.05, 4.69) is 29.6 Å². The number of hydrogen-bond donors (Lipinski definition) is 2. The first-order valence-electron chi connectivity index (χ1n) is 7.12. The lowest BCUT2D eigenvalue weighted by Gasteiger charge is -2.13. The van der Waals surface area contributed by atoms with Crippen LogP contribution in [0.1, 0.15) is 17.2 Å². The number of likely N-dealkylation sites (N-methyl/N-ethyl adjacent to an activating group) is 1. The first-order valence-corrected chi connectivity index (χ1v) is 7.12. The minimum Gasteiger partial charge on any atom is -0.354 e. The summed E-state index contributed by atoms with van der Waals surface area (Å²) in [6, 6.07) is 19.8. The Kier molecular flexibility index (Phi) is 5.73. The summed E-state index contributed by atoms with van der Waals surface area (Å²) in [6.07, 6.45) is 4.15. The Morgan fingerprint density at radius 1 is 1.10 bits per heavy atom. The van der Waals surface area contributed by atoms with Gasteiger partial charge in [-0.15, -0.1) is 0 Å². The molecule has 2 rings (SSSR count). The number of nitrogens with two attached hydrogens (primary N) is 1. The molecule has 0 aromatic heterocycles. The van der Waals surface area contributed by atoms with Gasteiger partial charge in [0.25, 0.3) is 5.91 Å². The molecule has 0 aliphatic carbocycles. The van der Waals surface area contributed by atoms with Crippen molar-refractivity contribution < 1.29 is 10.1 Å². The van der Waals surface area contributed by atoms with Crippen LogP contribution in [0.15, 0.2) is 66.7 Å². The molecule has 0 heterocycles. The monoisotopic (exact) mass is 281 g/mol. The van der Waals surface area contributed by atoms with E-state index in [1.54, 1.807) is 7.05 Å². The molecule has 0 bridgehead atoms. The van der Waals surface area contributed by atoms with Crippen LogP contribution in [0.2, 0.25) is 0 Å². The van der Waals surface area contributed by atoms with Crippen LogP contribution in [-0.4, -0.2) is 19.5 Å². The Balaban J connectivity index is 1.97. The van der Waals surface area contributed by atoms with Gasteiger partial charge in [-0.3, -0.25) is 4.79 Å². The van der Waals surface area contributed by atoms with E-state index in [9.17, 15) is 4.79 Å². The van der Waals surface area contributed by atoms with Crippen molar-refractivity contribution in [2.24, 2.45) is 0 Å². The molecule has 1 atom stereocenters. The highest BCUT2D eigenvalue weighted by Crippen LogP contribution is 2.08. The highest BCUT2D eigenvalue weighted by atomic mass is 16.2. The minimum atomic E-state index is -0.211. The van der Waals surface area contributed by atoms with Crippen molar-refractivity contribution in [3.05, 3.63) is 77.9 Å². The van der Waals surface area contributed by atoms with E-state index in [1.807, 2.05) is 53.8 Å². The molecule has 0 fully saturated rings. The average molecular weight is 281 g/mol. The van der Waals surface area contributed by atoms with Crippen LogP contribution in [0.4, 0.5) is 0 Å². The third kappa shape index (κ3) is 4.58. The number of carbonyl (C=O) groups excluding carboxylic acids is 1. The molecule has 108 valence electrons. The summed E-state index contributed by atoms with van der Waals surface area (Å²) in [5.41, 5.74) is 2.19. The largest absolute Gasteiger partial charge is 0.354 e. The van der Waals surface area contributed by atoms with Gasteiger partial charge in [0.1, 0.15) is 0 Å². The highest BCUT2D eigenvalue weighted by molar-refractivity contribution is 5.81. The third-order valence-corrected chi connectivity index (χ3v) is 3.31. The number of carbonyl (C=O) groups is 1. The lowest BCUT2D eigenvalue weighted by molar-refractivity contribution is -0.674. The molecule has 0 saturated heterocycles. The summed E-state index contributed by atoms with van der Waals surface area (Å²) in [7, 11) is 1.67. The van der Waals surface area contributed by atoms with E-state index >= 15 is 0 Å². The van der Waals surface area contributed by atoms with Gasteiger partial charge in [-0.2, -0.15) is 0 Å². The molecule has 0 saturated carbocycles. The number of rotatable bonds is 6. The Hall–Kier alpha value is -2.39. The quantitative estimate of drug-likeness (QED) is 0.832. The SMILES string of the molecule is CNC(=O)C([NH2+]C/C=C/c1ccccc1)c1ccccc1. The second-order valence-electron chi connectivity index (χ2n) is 4.79. The van der Waals surface area contributed by atoms with Crippen molar-refractivity contribution in [2.45, 2.75) is 6.04 Å².